The smallest absolute Gasteiger partial charge is 0.123 e. The molecule has 0 amide bonds. The number of fused-ring (bicyclic) bond motifs is 2. The fourth-order valence-electron chi connectivity index (χ4n) is 3.65. The van der Waals surface area contributed by atoms with Crippen molar-refractivity contribution < 1.29 is 4.39 Å². The van der Waals surface area contributed by atoms with Gasteiger partial charge in [0, 0.05) is 11.1 Å². The molecule has 0 spiro atoms. The SMILES string of the molecule is CCc1ccc(-c2nc3cc4ccccc4cc3nc2-c2ccc(F)cc2)cc1. The second kappa shape index (κ2) is 7.10. The van der Waals surface area contributed by atoms with Crippen molar-refractivity contribution in [1.29, 1.82) is 0 Å². The van der Waals surface area contributed by atoms with Gasteiger partial charge in [-0.25, -0.2) is 14.4 Å². The van der Waals surface area contributed by atoms with E-state index in [1.807, 2.05) is 12.1 Å². The molecule has 3 heteroatoms. The number of nitrogens with zero attached hydrogens (tertiary/aromatic N) is 2. The van der Waals surface area contributed by atoms with E-state index >= 15 is 0 Å². The van der Waals surface area contributed by atoms with Crippen molar-refractivity contribution >= 4 is 21.8 Å². The second-order valence-electron chi connectivity index (χ2n) is 7.17. The van der Waals surface area contributed by atoms with Gasteiger partial charge in [0.25, 0.3) is 0 Å². The van der Waals surface area contributed by atoms with E-state index in [1.165, 1.54) is 17.7 Å². The van der Waals surface area contributed by atoms with E-state index < -0.39 is 0 Å². The Hall–Kier alpha value is -3.59. The van der Waals surface area contributed by atoms with Crippen molar-refractivity contribution in [2.45, 2.75) is 13.3 Å². The summed E-state index contributed by atoms with van der Waals surface area (Å²) in [6.45, 7) is 2.14. The minimum atomic E-state index is -0.262. The van der Waals surface area contributed by atoms with Crippen molar-refractivity contribution in [2.75, 3.05) is 0 Å². The van der Waals surface area contributed by atoms with Crippen LogP contribution in [0.4, 0.5) is 4.39 Å². The van der Waals surface area contributed by atoms with E-state index in [0.29, 0.717) is 0 Å². The Bertz CT molecular complexity index is 1320. The molecule has 0 atom stereocenters. The highest BCUT2D eigenvalue weighted by atomic mass is 19.1. The third-order valence-corrected chi connectivity index (χ3v) is 5.28. The summed E-state index contributed by atoms with van der Waals surface area (Å²) in [4.78, 5) is 9.95. The van der Waals surface area contributed by atoms with Gasteiger partial charge in [0.05, 0.1) is 22.4 Å². The zero-order chi connectivity index (χ0) is 19.8. The number of halogens is 1. The molecule has 1 heterocycles. The van der Waals surface area contributed by atoms with Gasteiger partial charge in [-0.1, -0.05) is 55.5 Å². The largest absolute Gasteiger partial charge is 0.244 e. The average molecular weight is 378 g/mol. The maximum Gasteiger partial charge on any atom is 0.123 e. The van der Waals surface area contributed by atoms with Crippen LogP contribution in [-0.4, -0.2) is 9.97 Å². The van der Waals surface area contributed by atoms with Gasteiger partial charge < -0.3 is 0 Å². The Morgan fingerprint density at radius 2 is 1.14 bits per heavy atom. The molecule has 0 bridgehead atoms. The Morgan fingerprint density at radius 1 is 0.655 bits per heavy atom. The number of benzene rings is 4. The van der Waals surface area contributed by atoms with E-state index in [9.17, 15) is 4.39 Å². The van der Waals surface area contributed by atoms with Crippen LogP contribution in [0.1, 0.15) is 12.5 Å². The number of aryl methyl sites for hydroxylation is 1. The monoisotopic (exact) mass is 378 g/mol. The van der Waals surface area contributed by atoms with E-state index in [0.717, 1.165) is 50.7 Å². The minimum absolute atomic E-state index is 0.262. The fraction of sp³-hybridized carbons (Fsp3) is 0.0769. The molecule has 29 heavy (non-hydrogen) atoms. The lowest BCUT2D eigenvalue weighted by Gasteiger charge is -2.12. The van der Waals surface area contributed by atoms with E-state index in [-0.39, 0.29) is 5.82 Å². The molecule has 0 aliphatic heterocycles. The molecule has 2 nitrogen and oxygen atoms in total. The Kier molecular flexibility index (Phi) is 4.28. The van der Waals surface area contributed by atoms with Crippen molar-refractivity contribution in [3.8, 4) is 22.5 Å². The standard InChI is InChI=1S/C26H19FN2/c1-2-17-7-9-18(10-8-17)25-26(19-11-13-22(27)14-12-19)29-24-16-21-6-4-3-5-20(21)15-23(24)28-25/h3-16H,2H2,1H3. The van der Waals surface area contributed by atoms with Gasteiger partial charge in [-0.15, -0.1) is 0 Å². The zero-order valence-electron chi connectivity index (χ0n) is 16.1. The van der Waals surface area contributed by atoms with Gasteiger partial charge in [0.15, 0.2) is 0 Å². The van der Waals surface area contributed by atoms with Gasteiger partial charge in [-0.3, -0.25) is 0 Å². The lowest BCUT2D eigenvalue weighted by atomic mass is 10.0. The quantitative estimate of drug-likeness (QED) is 0.322. The number of hydrogen-bond acceptors (Lipinski definition) is 2. The van der Waals surface area contributed by atoms with Crippen LogP contribution >= 0.6 is 0 Å². The Labute approximate surface area is 168 Å². The van der Waals surface area contributed by atoms with Crippen LogP contribution in [0.25, 0.3) is 44.3 Å². The van der Waals surface area contributed by atoms with Crippen molar-refractivity contribution in [3.05, 3.63) is 96.3 Å². The maximum atomic E-state index is 13.5. The molecule has 140 valence electrons. The van der Waals surface area contributed by atoms with Crippen LogP contribution < -0.4 is 0 Å². The van der Waals surface area contributed by atoms with Gasteiger partial charge in [0.2, 0.25) is 0 Å². The van der Waals surface area contributed by atoms with E-state index in [2.05, 4.69) is 55.5 Å². The summed E-state index contributed by atoms with van der Waals surface area (Å²) in [7, 11) is 0. The predicted molar refractivity (Wildman–Crippen MR) is 117 cm³/mol. The van der Waals surface area contributed by atoms with Crippen molar-refractivity contribution in [1.82, 2.24) is 9.97 Å². The van der Waals surface area contributed by atoms with E-state index in [4.69, 9.17) is 9.97 Å². The van der Waals surface area contributed by atoms with Crippen molar-refractivity contribution in [3.63, 3.8) is 0 Å². The van der Waals surface area contributed by atoms with Crippen LogP contribution in [0.5, 0.6) is 0 Å². The topological polar surface area (TPSA) is 25.8 Å². The number of aromatic nitrogens is 2. The van der Waals surface area contributed by atoms with Gasteiger partial charge >= 0.3 is 0 Å². The third-order valence-electron chi connectivity index (χ3n) is 5.28. The summed E-state index contributed by atoms with van der Waals surface area (Å²) in [5.41, 5.74) is 6.38. The molecule has 0 unspecified atom stereocenters. The average Bonchev–Trinajstić information content (AvgIpc) is 2.77. The summed E-state index contributed by atoms with van der Waals surface area (Å²) in [5, 5.41) is 2.26. The molecule has 0 radical (unpaired) electrons. The molecular weight excluding hydrogens is 359 g/mol. The first kappa shape index (κ1) is 17.5. The molecule has 0 aliphatic rings. The molecule has 1 aromatic heterocycles. The minimum Gasteiger partial charge on any atom is -0.244 e. The zero-order valence-corrected chi connectivity index (χ0v) is 16.1. The van der Waals surface area contributed by atoms with Gasteiger partial charge in [-0.05, 0) is 59.2 Å². The summed E-state index contributed by atoms with van der Waals surface area (Å²) >= 11 is 0. The molecule has 5 rings (SSSR count). The molecule has 4 aromatic carbocycles. The molecule has 0 saturated carbocycles. The van der Waals surface area contributed by atoms with Crippen LogP contribution in [0, 0.1) is 5.82 Å². The molecule has 0 fully saturated rings. The first-order valence-electron chi connectivity index (χ1n) is 9.77. The molecule has 5 aromatic rings. The molecule has 0 N–H and O–H groups in total. The summed E-state index contributed by atoms with van der Waals surface area (Å²) in [6, 6.07) is 27.2. The molecule has 0 saturated heterocycles. The summed E-state index contributed by atoms with van der Waals surface area (Å²) in [6.07, 6.45) is 0.987. The lowest BCUT2D eigenvalue weighted by molar-refractivity contribution is 0.628. The number of rotatable bonds is 3. The predicted octanol–water partition coefficient (Wildman–Crippen LogP) is 6.82. The van der Waals surface area contributed by atoms with Crippen LogP contribution in [0.2, 0.25) is 0 Å². The first-order chi connectivity index (χ1) is 14.2. The normalized spacial score (nSPS) is 11.2. The van der Waals surface area contributed by atoms with Gasteiger partial charge in [0.1, 0.15) is 5.82 Å². The summed E-state index contributed by atoms with van der Waals surface area (Å²) in [5.74, 6) is -0.262. The van der Waals surface area contributed by atoms with Gasteiger partial charge in [-0.2, -0.15) is 0 Å². The number of hydrogen-bond donors (Lipinski definition) is 0. The highest BCUT2D eigenvalue weighted by Gasteiger charge is 2.14. The highest BCUT2D eigenvalue weighted by molar-refractivity contribution is 5.97. The lowest BCUT2D eigenvalue weighted by Crippen LogP contribution is -1.96. The Balaban J connectivity index is 1.79. The van der Waals surface area contributed by atoms with Crippen LogP contribution in [-0.2, 0) is 6.42 Å². The van der Waals surface area contributed by atoms with E-state index in [1.54, 1.807) is 12.1 Å². The Morgan fingerprint density at radius 3 is 1.62 bits per heavy atom. The third kappa shape index (κ3) is 3.25. The molecule has 0 aliphatic carbocycles. The van der Waals surface area contributed by atoms with Crippen LogP contribution in [0.15, 0.2) is 84.9 Å². The second-order valence-corrected chi connectivity index (χ2v) is 7.17. The molecular formula is C26H19FN2. The fourth-order valence-corrected chi connectivity index (χ4v) is 3.65. The first-order valence-corrected chi connectivity index (χ1v) is 9.77. The van der Waals surface area contributed by atoms with Crippen molar-refractivity contribution in [2.24, 2.45) is 0 Å². The highest BCUT2D eigenvalue weighted by Crippen LogP contribution is 2.32. The maximum absolute atomic E-state index is 13.5. The van der Waals surface area contributed by atoms with Crippen LogP contribution in [0.3, 0.4) is 0 Å². The summed E-state index contributed by atoms with van der Waals surface area (Å²) < 4.78 is 13.5.